The van der Waals surface area contributed by atoms with E-state index >= 15 is 0 Å². The van der Waals surface area contributed by atoms with E-state index in [2.05, 4.69) is 4.98 Å². The van der Waals surface area contributed by atoms with Gasteiger partial charge in [0.05, 0.1) is 16.5 Å². The molecule has 1 fully saturated rings. The Morgan fingerprint density at radius 1 is 1.36 bits per heavy atom. The molecule has 1 saturated carbocycles. The second-order valence-corrected chi connectivity index (χ2v) is 5.23. The first-order valence-corrected chi connectivity index (χ1v) is 6.26. The summed E-state index contributed by atoms with van der Waals surface area (Å²) >= 11 is 7.48. The molecule has 1 aliphatic rings. The molecule has 2 rings (SSSR count). The van der Waals surface area contributed by atoms with Crippen molar-refractivity contribution in [1.82, 2.24) is 4.98 Å². The SMILES string of the molecule is OCc1sc(C2CCCCC2)nc1Cl. The molecule has 1 N–H and O–H groups in total. The van der Waals surface area contributed by atoms with E-state index in [0.29, 0.717) is 11.1 Å². The van der Waals surface area contributed by atoms with Gasteiger partial charge in [0.15, 0.2) is 0 Å². The van der Waals surface area contributed by atoms with Crippen LogP contribution >= 0.6 is 22.9 Å². The molecule has 0 unspecified atom stereocenters. The van der Waals surface area contributed by atoms with Gasteiger partial charge in [-0.1, -0.05) is 30.9 Å². The Balaban J connectivity index is 2.14. The van der Waals surface area contributed by atoms with E-state index in [0.717, 1.165) is 9.88 Å². The first kappa shape index (κ1) is 10.4. The summed E-state index contributed by atoms with van der Waals surface area (Å²) in [4.78, 5) is 5.14. The van der Waals surface area contributed by atoms with Crippen LogP contribution in [0.3, 0.4) is 0 Å². The smallest absolute Gasteiger partial charge is 0.145 e. The number of rotatable bonds is 2. The summed E-state index contributed by atoms with van der Waals surface area (Å²) in [6.45, 7) is 0.0171. The summed E-state index contributed by atoms with van der Waals surface area (Å²) in [5, 5.41) is 10.6. The summed E-state index contributed by atoms with van der Waals surface area (Å²) in [5.41, 5.74) is 0. The Hall–Kier alpha value is -0.120. The lowest BCUT2D eigenvalue weighted by atomic mass is 9.90. The fourth-order valence-electron chi connectivity index (χ4n) is 1.97. The highest BCUT2D eigenvalue weighted by atomic mass is 35.5. The number of aliphatic hydroxyl groups is 1. The minimum absolute atomic E-state index is 0.0171. The number of aliphatic hydroxyl groups excluding tert-OH is 1. The van der Waals surface area contributed by atoms with E-state index in [1.54, 1.807) is 11.3 Å². The van der Waals surface area contributed by atoms with Crippen LogP contribution in [0.2, 0.25) is 5.15 Å². The highest BCUT2D eigenvalue weighted by Gasteiger charge is 2.20. The zero-order chi connectivity index (χ0) is 9.97. The molecule has 4 heteroatoms. The van der Waals surface area contributed by atoms with E-state index in [9.17, 15) is 0 Å². The third-order valence-electron chi connectivity index (χ3n) is 2.76. The van der Waals surface area contributed by atoms with Crippen LogP contribution in [0.15, 0.2) is 0 Å². The predicted octanol–water partition coefficient (Wildman–Crippen LogP) is 3.34. The number of hydrogen-bond acceptors (Lipinski definition) is 3. The Labute approximate surface area is 92.9 Å². The van der Waals surface area contributed by atoms with E-state index in [4.69, 9.17) is 16.7 Å². The van der Waals surface area contributed by atoms with Crippen LogP contribution < -0.4 is 0 Å². The van der Waals surface area contributed by atoms with Crippen molar-refractivity contribution >= 4 is 22.9 Å². The Kier molecular flexibility index (Phi) is 3.42. The molecule has 0 aromatic carbocycles. The summed E-state index contributed by atoms with van der Waals surface area (Å²) < 4.78 is 0. The van der Waals surface area contributed by atoms with Crippen molar-refractivity contribution in [3.63, 3.8) is 0 Å². The standard InChI is InChI=1S/C10H14ClNOS/c11-9-8(6-13)14-10(12-9)7-4-2-1-3-5-7/h7,13H,1-6H2. The van der Waals surface area contributed by atoms with Crippen LogP contribution in [0.4, 0.5) is 0 Å². The largest absolute Gasteiger partial charge is 0.391 e. The summed E-state index contributed by atoms with van der Waals surface area (Å²) in [7, 11) is 0. The number of aromatic nitrogens is 1. The van der Waals surface area contributed by atoms with Gasteiger partial charge in [0.25, 0.3) is 0 Å². The number of thiazole rings is 1. The average Bonchev–Trinajstić information content (AvgIpc) is 2.61. The van der Waals surface area contributed by atoms with E-state index in [-0.39, 0.29) is 6.61 Å². The van der Waals surface area contributed by atoms with Crippen LogP contribution in [0.25, 0.3) is 0 Å². The third-order valence-corrected chi connectivity index (χ3v) is 4.39. The van der Waals surface area contributed by atoms with Crippen molar-refractivity contribution in [2.75, 3.05) is 0 Å². The van der Waals surface area contributed by atoms with E-state index < -0.39 is 0 Å². The Morgan fingerprint density at radius 2 is 2.07 bits per heavy atom. The van der Waals surface area contributed by atoms with Crippen LogP contribution in [0, 0.1) is 0 Å². The zero-order valence-corrected chi connectivity index (χ0v) is 9.57. The van der Waals surface area contributed by atoms with Gasteiger partial charge in [-0.25, -0.2) is 4.98 Å². The van der Waals surface area contributed by atoms with Crippen LogP contribution in [0.1, 0.15) is 47.9 Å². The summed E-state index contributed by atoms with van der Waals surface area (Å²) in [5.74, 6) is 0.589. The van der Waals surface area contributed by atoms with Gasteiger partial charge in [-0.15, -0.1) is 11.3 Å². The minimum Gasteiger partial charge on any atom is -0.391 e. The zero-order valence-electron chi connectivity index (χ0n) is 8.00. The molecule has 0 amide bonds. The van der Waals surface area contributed by atoms with Gasteiger partial charge in [-0.2, -0.15) is 0 Å². The average molecular weight is 232 g/mol. The third kappa shape index (κ3) is 2.10. The van der Waals surface area contributed by atoms with Crippen molar-refractivity contribution in [2.45, 2.75) is 44.6 Å². The lowest BCUT2D eigenvalue weighted by molar-refractivity contribution is 0.285. The topological polar surface area (TPSA) is 33.1 Å². The number of hydrogen-bond donors (Lipinski definition) is 1. The first-order chi connectivity index (χ1) is 6.81. The van der Waals surface area contributed by atoms with Gasteiger partial charge < -0.3 is 5.11 Å². The molecule has 0 atom stereocenters. The molecule has 1 aliphatic carbocycles. The second kappa shape index (κ2) is 4.60. The maximum absolute atomic E-state index is 9.02. The molecule has 1 aromatic heterocycles. The van der Waals surface area contributed by atoms with Crippen LogP contribution in [-0.4, -0.2) is 10.1 Å². The molecule has 14 heavy (non-hydrogen) atoms. The molecule has 1 heterocycles. The molecule has 2 nitrogen and oxygen atoms in total. The van der Waals surface area contributed by atoms with Crippen molar-refractivity contribution in [1.29, 1.82) is 0 Å². The van der Waals surface area contributed by atoms with Gasteiger partial charge in [0.1, 0.15) is 5.15 Å². The minimum atomic E-state index is 0.0171. The highest BCUT2D eigenvalue weighted by molar-refractivity contribution is 7.12. The van der Waals surface area contributed by atoms with Crippen molar-refractivity contribution < 1.29 is 5.11 Å². The number of nitrogens with zero attached hydrogens (tertiary/aromatic N) is 1. The normalized spacial score (nSPS) is 18.7. The highest BCUT2D eigenvalue weighted by Crippen LogP contribution is 2.36. The fourth-order valence-corrected chi connectivity index (χ4v) is 3.27. The molecule has 0 saturated heterocycles. The van der Waals surface area contributed by atoms with Gasteiger partial charge in [-0.3, -0.25) is 0 Å². The molecular formula is C10H14ClNOS. The van der Waals surface area contributed by atoms with Gasteiger partial charge >= 0.3 is 0 Å². The molecule has 0 aliphatic heterocycles. The van der Waals surface area contributed by atoms with Crippen LogP contribution in [0.5, 0.6) is 0 Å². The van der Waals surface area contributed by atoms with Gasteiger partial charge in [0.2, 0.25) is 0 Å². The molecule has 0 bridgehead atoms. The molecule has 0 spiro atoms. The Morgan fingerprint density at radius 3 is 2.64 bits per heavy atom. The molecule has 1 aromatic rings. The van der Waals surface area contributed by atoms with Crippen molar-refractivity contribution in [3.05, 3.63) is 15.0 Å². The fraction of sp³-hybridized carbons (Fsp3) is 0.700. The van der Waals surface area contributed by atoms with Gasteiger partial charge in [0, 0.05) is 5.92 Å². The van der Waals surface area contributed by atoms with Crippen LogP contribution in [-0.2, 0) is 6.61 Å². The second-order valence-electron chi connectivity index (χ2n) is 3.76. The lowest BCUT2D eigenvalue weighted by Gasteiger charge is -2.18. The predicted molar refractivity (Wildman–Crippen MR) is 58.9 cm³/mol. The molecule has 78 valence electrons. The summed E-state index contributed by atoms with van der Waals surface area (Å²) in [6.07, 6.45) is 6.42. The maximum Gasteiger partial charge on any atom is 0.145 e. The monoisotopic (exact) mass is 231 g/mol. The molecular weight excluding hydrogens is 218 g/mol. The van der Waals surface area contributed by atoms with E-state index in [1.165, 1.54) is 32.1 Å². The first-order valence-electron chi connectivity index (χ1n) is 5.07. The maximum atomic E-state index is 9.02. The summed E-state index contributed by atoms with van der Waals surface area (Å²) in [6, 6.07) is 0. The van der Waals surface area contributed by atoms with E-state index in [1.807, 2.05) is 0 Å². The van der Waals surface area contributed by atoms with Gasteiger partial charge in [-0.05, 0) is 12.8 Å². The number of halogens is 1. The lowest BCUT2D eigenvalue weighted by Crippen LogP contribution is -2.03. The molecule has 0 radical (unpaired) electrons. The van der Waals surface area contributed by atoms with Crippen molar-refractivity contribution in [3.8, 4) is 0 Å². The Bertz CT molecular complexity index is 307. The van der Waals surface area contributed by atoms with Crippen molar-refractivity contribution in [2.24, 2.45) is 0 Å². The quantitative estimate of drug-likeness (QED) is 0.847.